The molecule has 124 valence electrons. The molecule has 3 rings (SSSR count). The van der Waals surface area contributed by atoms with E-state index in [2.05, 4.69) is 69.3 Å². The molecule has 3 aromatic carbocycles. The highest BCUT2D eigenvalue weighted by Crippen LogP contribution is 2.36. The smallest absolute Gasteiger partial charge is 0.149 e. The first kappa shape index (κ1) is 16.4. The number of nitrogen functional groups attached to an aromatic ring is 1. The van der Waals surface area contributed by atoms with Crippen molar-refractivity contribution in [2.24, 2.45) is 11.8 Å². The van der Waals surface area contributed by atoms with Gasteiger partial charge in [-0.1, -0.05) is 69.3 Å². The molecule has 2 N–H and O–H groups in total. The number of rotatable bonds is 5. The van der Waals surface area contributed by atoms with E-state index in [0.717, 1.165) is 16.9 Å². The second-order valence-corrected chi connectivity index (χ2v) is 6.82. The zero-order valence-electron chi connectivity index (χ0n) is 14.6. The fourth-order valence-electron chi connectivity index (χ4n) is 2.71. The summed E-state index contributed by atoms with van der Waals surface area (Å²) in [6.07, 6.45) is 0. The van der Waals surface area contributed by atoms with Crippen molar-refractivity contribution in [3.63, 3.8) is 0 Å². The Morgan fingerprint density at radius 1 is 0.875 bits per heavy atom. The molecule has 1 unspecified atom stereocenters. The third-order valence-corrected chi connectivity index (χ3v) is 4.73. The van der Waals surface area contributed by atoms with Crippen molar-refractivity contribution in [3.8, 4) is 16.9 Å². The van der Waals surface area contributed by atoms with E-state index < -0.39 is 0 Å². The molecule has 0 aromatic heterocycles. The van der Waals surface area contributed by atoms with Crippen molar-refractivity contribution in [1.29, 1.82) is 0 Å². The fraction of sp³-hybridized carbons (Fsp3) is 0.273. The van der Waals surface area contributed by atoms with Crippen molar-refractivity contribution < 1.29 is 4.74 Å². The largest absolute Gasteiger partial charge is 0.490 e. The zero-order valence-corrected chi connectivity index (χ0v) is 14.6. The second-order valence-electron chi connectivity index (χ2n) is 6.82. The van der Waals surface area contributed by atoms with Crippen LogP contribution in [0.4, 0.5) is 5.69 Å². The van der Waals surface area contributed by atoms with E-state index in [9.17, 15) is 0 Å². The van der Waals surface area contributed by atoms with E-state index in [1.165, 1.54) is 10.8 Å². The highest BCUT2D eigenvalue weighted by atomic mass is 16.5. The summed E-state index contributed by atoms with van der Waals surface area (Å²) in [6, 6.07) is 20.8. The first-order valence-corrected chi connectivity index (χ1v) is 8.56. The number of benzene rings is 3. The van der Waals surface area contributed by atoms with Crippen LogP contribution in [0.3, 0.4) is 0 Å². The molecule has 0 aliphatic rings. The minimum absolute atomic E-state index is 0.481. The highest BCUT2D eigenvalue weighted by molar-refractivity contribution is 5.89. The van der Waals surface area contributed by atoms with Gasteiger partial charge in [0.05, 0.1) is 12.3 Å². The Kier molecular flexibility index (Phi) is 4.75. The lowest BCUT2D eigenvalue weighted by Gasteiger charge is -2.19. The Morgan fingerprint density at radius 2 is 1.62 bits per heavy atom. The SMILES string of the molecule is CC(C)C(C)COc1c(N)cccc1-c1ccc2ccccc2c1. The third-order valence-electron chi connectivity index (χ3n) is 4.73. The van der Waals surface area contributed by atoms with Gasteiger partial charge in [0.1, 0.15) is 5.75 Å². The second kappa shape index (κ2) is 6.96. The fourth-order valence-corrected chi connectivity index (χ4v) is 2.71. The maximum absolute atomic E-state index is 6.21. The van der Waals surface area contributed by atoms with Crippen molar-refractivity contribution in [1.82, 2.24) is 0 Å². The summed E-state index contributed by atoms with van der Waals surface area (Å²) in [5.41, 5.74) is 9.09. The average Bonchev–Trinajstić information content (AvgIpc) is 2.59. The first-order chi connectivity index (χ1) is 11.6. The molecule has 1 atom stereocenters. The van der Waals surface area contributed by atoms with Gasteiger partial charge in [-0.15, -0.1) is 0 Å². The normalized spacial score (nSPS) is 12.5. The summed E-state index contributed by atoms with van der Waals surface area (Å²) in [4.78, 5) is 0. The van der Waals surface area contributed by atoms with Crippen molar-refractivity contribution in [3.05, 3.63) is 60.7 Å². The summed E-state index contributed by atoms with van der Waals surface area (Å²) in [5.74, 6) is 1.85. The lowest BCUT2D eigenvalue weighted by Crippen LogP contribution is -2.15. The number of anilines is 1. The Hall–Kier alpha value is -2.48. The predicted octanol–water partition coefficient (Wildman–Crippen LogP) is 5.76. The van der Waals surface area contributed by atoms with Gasteiger partial charge in [-0.25, -0.2) is 0 Å². The van der Waals surface area contributed by atoms with Crippen LogP contribution in [0.2, 0.25) is 0 Å². The molecule has 24 heavy (non-hydrogen) atoms. The Labute approximate surface area is 144 Å². The number of fused-ring (bicyclic) bond motifs is 1. The summed E-state index contributed by atoms with van der Waals surface area (Å²) < 4.78 is 6.13. The van der Waals surface area contributed by atoms with Gasteiger partial charge in [0.15, 0.2) is 0 Å². The predicted molar refractivity (Wildman–Crippen MR) is 103 cm³/mol. The van der Waals surface area contributed by atoms with Gasteiger partial charge in [0.25, 0.3) is 0 Å². The lowest BCUT2D eigenvalue weighted by atomic mass is 9.98. The van der Waals surface area contributed by atoms with Gasteiger partial charge in [0.2, 0.25) is 0 Å². The molecule has 2 nitrogen and oxygen atoms in total. The number of ether oxygens (including phenoxy) is 1. The standard InChI is InChI=1S/C22H25NO/c1-15(2)16(3)14-24-22-20(9-6-10-21(22)23)19-12-11-17-7-4-5-8-18(17)13-19/h4-13,15-16H,14,23H2,1-3H3. The van der Waals surface area contributed by atoms with E-state index in [-0.39, 0.29) is 0 Å². The molecule has 2 heteroatoms. The highest BCUT2D eigenvalue weighted by Gasteiger charge is 2.13. The topological polar surface area (TPSA) is 35.2 Å². The van der Waals surface area contributed by atoms with Crippen LogP contribution in [0, 0.1) is 11.8 Å². The number of para-hydroxylation sites is 1. The quantitative estimate of drug-likeness (QED) is 0.607. The van der Waals surface area contributed by atoms with Gasteiger partial charge in [-0.05, 0) is 40.3 Å². The summed E-state index contributed by atoms with van der Waals surface area (Å²) >= 11 is 0. The van der Waals surface area contributed by atoms with E-state index >= 15 is 0 Å². The van der Waals surface area contributed by atoms with Crippen LogP contribution in [0.25, 0.3) is 21.9 Å². The molecule has 0 spiro atoms. The monoisotopic (exact) mass is 319 g/mol. The van der Waals surface area contributed by atoms with Crippen LogP contribution in [0.1, 0.15) is 20.8 Å². The van der Waals surface area contributed by atoms with Gasteiger partial charge < -0.3 is 10.5 Å². The van der Waals surface area contributed by atoms with E-state index in [1.807, 2.05) is 12.1 Å². The van der Waals surface area contributed by atoms with Crippen LogP contribution in [0.15, 0.2) is 60.7 Å². The van der Waals surface area contributed by atoms with Gasteiger partial charge in [-0.2, -0.15) is 0 Å². The lowest BCUT2D eigenvalue weighted by molar-refractivity contribution is 0.225. The number of hydrogen-bond donors (Lipinski definition) is 1. The minimum atomic E-state index is 0.481. The Morgan fingerprint density at radius 3 is 2.38 bits per heavy atom. The number of nitrogens with two attached hydrogens (primary N) is 1. The molecular formula is C22H25NO. The maximum Gasteiger partial charge on any atom is 0.149 e. The number of hydrogen-bond acceptors (Lipinski definition) is 2. The van der Waals surface area contributed by atoms with Crippen molar-refractivity contribution in [2.45, 2.75) is 20.8 Å². The molecule has 0 heterocycles. The molecule has 0 amide bonds. The van der Waals surface area contributed by atoms with E-state index in [4.69, 9.17) is 10.5 Å². The van der Waals surface area contributed by atoms with Crippen LogP contribution >= 0.6 is 0 Å². The zero-order chi connectivity index (χ0) is 17.1. The summed E-state index contributed by atoms with van der Waals surface area (Å²) in [6.45, 7) is 7.31. The molecule has 0 bridgehead atoms. The van der Waals surface area contributed by atoms with Crippen LogP contribution < -0.4 is 10.5 Å². The minimum Gasteiger partial charge on any atom is -0.490 e. The maximum atomic E-state index is 6.21. The molecule has 0 aliphatic carbocycles. The van der Waals surface area contributed by atoms with Crippen LogP contribution in [-0.2, 0) is 0 Å². The molecule has 3 aromatic rings. The average molecular weight is 319 g/mol. The molecule has 0 radical (unpaired) electrons. The van der Waals surface area contributed by atoms with Gasteiger partial charge in [0, 0.05) is 5.56 Å². The van der Waals surface area contributed by atoms with E-state index in [1.54, 1.807) is 0 Å². The van der Waals surface area contributed by atoms with Crippen LogP contribution in [-0.4, -0.2) is 6.61 Å². The van der Waals surface area contributed by atoms with Gasteiger partial charge >= 0.3 is 0 Å². The Balaban J connectivity index is 1.98. The Bertz CT molecular complexity index is 838. The van der Waals surface area contributed by atoms with Crippen molar-refractivity contribution in [2.75, 3.05) is 12.3 Å². The van der Waals surface area contributed by atoms with E-state index in [0.29, 0.717) is 24.1 Å². The summed E-state index contributed by atoms with van der Waals surface area (Å²) in [5, 5.41) is 2.46. The van der Waals surface area contributed by atoms with Crippen LogP contribution in [0.5, 0.6) is 5.75 Å². The molecule has 0 saturated carbocycles. The van der Waals surface area contributed by atoms with Gasteiger partial charge in [-0.3, -0.25) is 0 Å². The third kappa shape index (κ3) is 3.38. The van der Waals surface area contributed by atoms with Crippen molar-refractivity contribution >= 4 is 16.5 Å². The molecule has 0 aliphatic heterocycles. The molecule has 0 saturated heterocycles. The first-order valence-electron chi connectivity index (χ1n) is 8.56. The summed E-state index contributed by atoms with van der Waals surface area (Å²) in [7, 11) is 0. The molecule has 0 fully saturated rings. The molecular weight excluding hydrogens is 294 g/mol.